The summed E-state index contributed by atoms with van der Waals surface area (Å²) in [5, 5.41) is 85.1. The summed E-state index contributed by atoms with van der Waals surface area (Å²) < 4.78 is 245. The smallest absolute Gasteiger partial charge is 0.357 e. The van der Waals surface area contributed by atoms with Crippen molar-refractivity contribution in [3.8, 4) is 28.7 Å². The highest BCUT2D eigenvalue weighted by Gasteiger charge is 2.32. The van der Waals surface area contributed by atoms with Gasteiger partial charge in [-0.1, -0.05) is 16.6 Å². The van der Waals surface area contributed by atoms with Crippen molar-refractivity contribution in [2.75, 3.05) is 18.1 Å². The maximum atomic E-state index is 13.4. The number of nitro benzene ring substituents is 1. The Labute approximate surface area is 555 Å². The minimum Gasteiger partial charge on any atom is -0.505 e. The van der Waals surface area contributed by atoms with Crippen molar-refractivity contribution < 1.29 is 135 Å². The molecule has 98 heavy (non-hydrogen) atoms. The Hall–Kier alpha value is -9.57. The molecule has 53 heteroatoms. The average Bonchev–Trinajstić information content (AvgIpc) is 0.791. The van der Waals surface area contributed by atoms with Gasteiger partial charge >= 0.3 is 23.0 Å². The van der Waals surface area contributed by atoms with Crippen molar-refractivity contribution in [1.29, 1.82) is 0 Å². The van der Waals surface area contributed by atoms with Crippen LogP contribution in [0.15, 0.2) is 154 Å². The number of carboxylic acid groups (broad SMARTS) is 1. The number of rotatable bonds is 26. The summed E-state index contributed by atoms with van der Waals surface area (Å²) in [7, 11) is -32.0. The number of anilines is 1. The summed E-state index contributed by atoms with van der Waals surface area (Å²) in [5.41, 5.74) is -6.29. The molecule has 44 nitrogen and oxygen atoms in total. The fourth-order valence-corrected chi connectivity index (χ4v) is 13.2. The van der Waals surface area contributed by atoms with Gasteiger partial charge in [0.2, 0.25) is 5.75 Å². The van der Waals surface area contributed by atoms with Crippen molar-refractivity contribution in [2.24, 2.45) is 40.9 Å². The quantitative estimate of drug-likeness (QED) is 0.00279. The second-order valence-corrected chi connectivity index (χ2v) is 28.9. The zero-order valence-corrected chi connectivity index (χ0v) is 54.1. The number of aromatic nitrogens is 2. The molecule has 0 fully saturated rings. The van der Waals surface area contributed by atoms with Crippen LogP contribution in [0.2, 0.25) is 5.02 Å². The maximum absolute atomic E-state index is 13.4. The standard InChI is InChI=1S/C45H33ClN12O32S8/c46-23-14-32(96(78,79)80)26(50-55-38-39(45(62)63)56-57(44(38)61)17-2-4-19(5-3-17)94(72,73)74)15-25(23)49-54-37-33(97(81,82)83)13-21-20(40(37)59)6-7-24(43(21)98(84,85)86)48-51-27-16-31(95(75,76)77)22-12-30(91-90-89-66)36(41(60)34(22)35(27)47)53-52-28-10-18(88-92(67)68)11-29(58(64)65)42(28)87-8-1-9-93(69,70)71/h2-7,10-16,56,59-60,66H,1,8-9,47H2,(H,62,63)(H,67,68)(H,69,70,71)(H,72,73,74)(H,75,76,77)(H,78,79,80)(H,81,82,83)(H,84,85,86). The van der Waals surface area contributed by atoms with E-state index in [-0.39, 0.29) is 23.8 Å². The van der Waals surface area contributed by atoms with Crippen LogP contribution in [0.5, 0.6) is 23.0 Å². The zero-order valence-electron chi connectivity index (χ0n) is 46.8. The molecule has 0 saturated carbocycles. The first kappa shape index (κ1) is 74.2. The summed E-state index contributed by atoms with van der Waals surface area (Å²) >= 11 is 2.97. The minimum atomic E-state index is -5.83. The summed E-state index contributed by atoms with van der Waals surface area (Å²) in [5.74, 6) is -7.22. The minimum absolute atomic E-state index is 0.0949. The molecular formula is C45H33ClN12O32S8. The fraction of sp³-hybridized carbons (Fsp3) is 0.0667. The second-order valence-electron chi connectivity index (χ2n) is 18.7. The third-order valence-corrected chi connectivity index (χ3v) is 19.0. The number of azo groups is 4. The van der Waals surface area contributed by atoms with Crippen LogP contribution in [0.1, 0.15) is 16.9 Å². The number of carboxylic acids is 1. The topological polar surface area (TPSA) is 704 Å². The van der Waals surface area contributed by atoms with Gasteiger partial charge in [-0.2, -0.15) is 54.7 Å². The number of phenolic OH excluding ortho intramolecular Hbond substituents is 2. The summed E-state index contributed by atoms with van der Waals surface area (Å²) in [6.07, 6.45) is -0.525. The number of aromatic amines is 1. The molecule has 0 saturated heterocycles. The summed E-state index contributed by atoms with van der Waals surface area (Å²) in [6, 6.07) is 8.43. The van der Waals surface area contributed by atoms with E-state index in [0.717, 1.165) is 30.3 Å². The number of nitro groups is 1. The lowest BCUT2D eigenvalue weighted by atomic mass is 10.0. The normalized spacial score (nSPS) is 13.2. The first-order valence-corrected chi connectivity index (χ1v) is 35.7. The Morgan fingerprint density at radius 2 is 1.26 bits per heavy atom. The van der Waals surface area contributed by atoms with Gasteiger partial charge in [-0.3, -0.25) is 51.9 Å². The Balaban J connectivity index is 1.25. The number of nitrogen functional groups attached to an aromatic ring is 1. The van der Waals surface area contributed by atoms with Crippen molar-refractivity contribution in [3.05, 3.63) is 110 Å². The number of hydrogen-bond donors (Lipinski definition) is 13. The molecule has 1 aromatic heterocycles. The molecule has 0 amide bonds. The number of nitrogens with two attached hydrogens (primary N) is 1. The molecule has 0 aliphatic carbocycles. The number of H-pyrrole nitrogens is 1. The average molecular weight is 1550 g/mol. The van der Waals surface area contributed by atoms with Crippen LogP contribution in [0.3, 0.4) is 0 Å². The molecule has 8 rings (SSSR count). The highest BCUT2D eigenvalue weighted by molar-refractivity contribution is 7.94. The molecule has 8 aromatic rings. The van der Waals surface area contributed by atoms with Gasteiger partial charge in [0.15, 0.2) is 28.6 Å². The van der Waals surface area contributed by atoms with Gasteiger partial charge < -0.3 is 30.0 Å². The van der Waals surface area contributed by atoms with E-state index in [1.165, 1.54) is 0 Å². The van der Waals surface area contributed by atoms with Crippen LogP contribution in [-0.2, 0) is 81.4 Å². The molecule has 1 heterocycles. The van der Waals surface area contributed by atoms with Crippen molar-refractivity contribution in [2.45, 2.75) is 35.8 Å². The predicted molar refractivity (Wildman–Crippen MR) is 328 cm³/mol. The molecular weight excluding hydrogens is 1510 g/mol. The van der Waals surface area contributed by atoms with Crippen molar-refractivity contribution in [1.82, 2.24) is 9.78 Å². The number of nitrogens with zero attached hydrogens (tertiary/aromatic N) is 10. The Morgan fingerprint density at radius 3 is 1.83 bits per heavy atom. The number of nitrogens with one attached hydrogen (secondary N) is 1. The van der Waals surface area contributed by atoms with Crippen LogP contribution >= 0.6 is 23.6 Å². The Kier molecular flexibility index (Phi) is 21.3. The second kappa shape index (κ2) is 28.1. The van der Waals surface area contributed by atoms with Crippen LogP contribution in [0.4, 0.5) is 56.9 Å². The number of hydrogen-bond acceptors (Lipinski definition) is 34. The van der Waals surface area contributed by atoms with E-state index < -0.39 is 249 Å². The predicted octanol–water partition coefficient (Wildman–Crippen LogP) is 8.22. The number of aromatic carboxylic acids is 1. The maximum Gasteiger partial charge on any atom is 0.357 e. The molecule has 0 spiro atoms. The molecule has 0 radical (unpaired) electrons. The van der Waals surface area contributed by atoms with E-state index in [1.807, 2.05) is 0 Å². The SMILES string of the molecule is Nc1c(N=Nc2ccc3c(O)c(N=Nc4cc(N=Nc5c(C(=O)O)[nH]n(-c6ccc(S(=O)(=O)O)cc6)c5=O)c(S(=O)(=O)O)cc4Cl)c(S(=O)(=O)O)cc3c2S(=O)(=O)O)cc(S(=O)(=O)O)c2cc(SOOO)c(N=Nc3cc(OS(=O)O)cc([N+](=O)[O-])c3OCCCS(=O)(=O)O)c(O)c12. The largest absolute Gasteiger partial charge is 0.505 e. The first-order valence-electron chi connectivity index (χ1n) is 24.8. The molecule has 7 aromatic carbocycles. The summed E-state index contributed by atoms with van der Waals surface area (Å²) in [6.45, 7) is -0.722. The van der Waals surface area contributed by atoms with E-state index in [0.29, 0.717) is 47.1 Å². The van der Waals surface area contributed by atoms with E-state index in [2.05, 4.69) is 59.6 Å². The van der Waals surface area contributed by atoms with Crippen LogP contribution in [0.25, 0.3) is 27.2 Å². The van der Waals surface area contributed by atoms with Gasteiger partial charge in [-0.15, -0.1) is 45.2 Å². The molecule has 520 valence electrons. The first-order chi connectivity index (χ1) is 45.4. The lowest BCUT2D eigenvalue weighted by molar-refractivity contribution is -0.432. The van der Waals surface area contributed by atoms with Gasteiger partial charge in [0.25, 0.3) is 66.3 Å². The van der Waals surface area contributed by atoms with E-state index in [1.54, 1.807) is 0 Å². The lowest BCUT2D eigenvalue weighted by Crippen LogP contribution is -2.14. The van der Waals surface area contributed by atoms with Gasteiger partial charge in [-0.05, 0) is 73.2 Å². The monoisotopic (exact) mass is 1540 g/mol. The van der Waals surface area contributed by atoms with Gasteiger partial charge in [0.05, 0.1) is 67.0 Å². The van der Waals surface area contributed by atoms with Crippen molar-refractivity contribution in [3.63, 3.8) is 0 Å². The zero-order chi connectivity index (χ0) is 72.7. The third-order valence-electron chi connectivity index (χ3n) is 12.4. The molecule has 14 N–H and O–H groups in total. The number of phenols is 2. The van der Waals surface area contributed by atoms with Crippen LogP contribution < -0.4 is 20.2 Å². The number of carbonyl (C=O) groups is 1. The number of ether oxygens (including phenoxy) is 1. The number of benzene rings is 7. The molecule has 1 atom stereocenters. The number of fused-ring (bicyclic) bond motifs is 2. The fourth-order valence-electron chi connectivity index (χ4n) is 8.45. The number of aromatic hydroxyl groups is 2. The molecule has 0 aliphatic heterocycles. The van der Waals surface area contributed by atoms with Crippen molar-refractivity contribution >= 4 is 180 Å². The van der Waals surface area contributed by atoms with Gasteiger partial charge in [0.1, 0.15) is 59.4 Å². The molecule has 0 aliphatic rings. The molecule has 0 bridgehead atoms. The van der Waals surface area contributed by atoms with Crippen LogP contribution in [0, 0.1) is 10.1 Å². The Morgan fingerprint density at radius 1 is 0.663 bits per heavy atom. The lowest BCUT2D eigenvalue weighted by Gasteiger charge is -2.15. The van der Waals surface area contributed by atoms with Gasteiger partial charge in [0, 0.05) is 22.2 Å². The van der Waals surface area contributed by atoms with E-state index in [9.17, 15) is 117 Å². The highest BCUT2D eigenvalue weighted by Crippen LogP contribution is 2.52. The Bertz CT molecular complexity index is 5660. The van der Waals surface area contributed by atoms with E-state index >= 15 is 0 Å². The number of halogens is 1. The summed E-state index contributed by atoms with van der Waals surface area (Å²) in [4.78, 5) is 29.8. The van der Waals surface area contributed by atoms with Gasteiger partial charge in [-0.25, -0.2) is 14.7 Å². The highest BCUT2D eigenvalue weighted by atomic mass is 35.5. The van der Waals surface area contributed by atoms with E-state index in [4.69, 9.17) is 31.9 Å². The van der Waals surface area contributed by atoms with Crippen LogP contribution in [-0.4, -0.2) is 140 Å². The molecule has 1 unspecified atom stereocenters. The third kappa shape index (κ3) is 16.5.